The van der Waals surface area contributed by atoms with Gasteiger partial charge in [-0.2, -0.15) is 0 Å². The van der Waals surface area contributed by atoms with Crippen LogP contribution in [0.3, 0.4) is 0 Å². The Hall–Kier alpha value is -2.60. The number of rotatable bonds is 5. The predicted octanol–water partition coefficient (Wildman–Crippen LogP) is 2.78. The maximum absolute atomic E-state index is 12.4. The van der Waals surface area contributed by atoms with Crippen molar-refractivity contribution in [3.8, 4) is 5.75 Å². The van der Waals surface area contributed by atoms with E-state index in [2.05, 4.69) is 15.6 Å². The second-order valence-corrected chi connectivity index (χ2v) is 6.24. The van der Waals surface area contributed by atoms with Crippen molar-refractivity contribution in [2.75, 3.05) is 25.6 Å². The second kappa shape index (κ2) is 7.98. The van der Waals surface area contributed by atoms with Crippen LogP contribution in [0.2, 0.25) is 0 Å². The molecule has 1 fully saturated rings. The molecule has 1 aliphatic heterocycles. The van der Waals surface area contributed by atoms with Crippen molar-refractivity contribution in [1.82, 2.24) is 10.3 Å². The number of urea groups is 1. The fourth-order valence-corrected chi connectivity index (χ4v) is 3.01. The first-order chi connectivity index (χ1) is 12.2. The van der Waals surface area contributed by atoms with Crippen molar-refractivity contribution in [3.63, 3.8) is 0 Å². The Morgan fingerprint density at radius 3 is 2.80 bits per heavy atom. The van der Waals surface area contributed by atoms with Gasteiger partial charge in [0.25, 0.3) is 0 Å². The molecule has 3 rings (SSSR count). The standard InChI is InChI=1S/C19H23N3O3/c1-13-9-16(24-2)3-4-17(13)21-19(23)22-18-12-25-11-15(18)10-14-5-7-20-8-6-14/h3-9,15,18H,10-12H2,1-2H3,(H2,21,22,23)/t15-,18-/m1/s1. The third-order valence-electron chi connectivity index (χ3n) is 4.44. The molecule has 2 aromatic rings. The van der Waals surface area contributed by atoms with Crippen molar-refractivity contribution >= 4 is 11.7 Å². The van der Waals surface area contributed by atoms with Gasteiger partial charge in [0.05, 0.1) is 26.4 Å². The molecule has 0 spiro atoms. The number of aryl methyl sites for hydroxylation is 1. The molecule has 25 heavy (non-hydrogen) atoms. The molecule has 2 N–H and O–H groups in total. The molecule has 1 aromatic heterocycles. The summed E-state index contributed by atoms with van der Waals surface area (Å²) in [5, 5.41) is 5.93. The third-order valence-corrected chi connectivity index (χ3v) is 4.44. The number of carbonyl (C=O) groups is 1. The number of aromatic nitrogens is 1. The molecule has 1 aromatic carbocycles. The number of nitrogens with zero attached hydrogens (tertiary/aromatic N) is 1. The Kier molecular flexibility index (Phi) is 5.50. The molecule has 0 aliphatic carbocycles. The van der Waals surface area contributed by atoms with E-state index in [4.69, 9.17) is 9.47 Å². The van der Waals surface area contributed by atoms with Gasteiger partial charge in [0.2, 0.25) is 0 Å². The lowest BCUT2D eigenvalue weighted by Crippen LogP contribution is -2.42. The molecule has 6 nitrogen and oxygen atoms in total. The highest BCUT2D eigenvalue weighted by Crippen LogP contribution is 2.22. The first-order valence-electron chi connectivity index (χ1n) is 8.34. The van der Waals surface area contributed by atoms with Crippen molar-refractivity contribution in [1.29, 1.82) is 0 Å². The van der Waals surface area contributed by atoms with E-state index < -0.39 is 0 Å². The second-order valence-electron chi connectivity index (χ2n) is 6.24. The van der Waals surface area contributed by atoms with E-state index in [0.29, 0.717) is 13.2 Å². The zero-order valence-electron chi connectivity index (χ0n) is 14.5. The van der Waals surface area contributed by atoms with Gasteiger partial charge in [-0.05, 0) is 54.8 Å². The number of methoxy groups -OCH3 is 1. The molecule has 132 valence electrons. The molecule has 0 bridgehead atoms. The Labute approximate surface area is 147 Å². The number of carbonyl (C=O) groups excluding carboxylic acids is 1. The molecule has 2 heterocycles. The summed E-state index contributed by atoms with van der Waals surface area (Å²) < 4.78 is 10.8. The number of pyridine rings is 1. The number of ether oxygens (including phenoxy) is 2. The van der Waals surface area contributed by atoms with Crippen molar-refractivity contribution in [2.24, 2.45) is 5.92 Å². The molecule has 1 aliphatic rings. The van der Waals surface area contributed by atoms with Crippen molar-refractivity contribution in [2.45, 2.75) is 19.4 Å². The van der Waals surface area contributed by atoms with Crippen molar-refractivity contribution < 1.29 is 14.3 Å². The SMILES string of the molecule is COc1ccc(NC(=O)N[C@@H]2COC[C@H]2Cc2ccncc2)c(C)c1. The van der Waals surface area contributed by atoms with Gasteiger partial charge in [-0.1, -0.05) is 0 Å². The number of hydrogen-bond donors (Lipinski definition) is 2. The van der Waals surface area contributed by atoms with Gasteiger partial charge in [-0.3, -0.25) is 4.98 Å². The maximum atomic E-state index is 12.4. The lowest BCUT2D eigenvalue weighted by molar-refractivity contribution is 0.182. The van der Waals surface area contributed by atoms with E-state index in [-0.39, 0.29) is 18.0 Å². The van der Waals surface area contributed by atoms with Crippen LogP contribution >= 0.6 is 0 Å². The summed E-state index contributed by atoms with van der Waals surface area (Å²) in [5.41, 5.74) is 2.91. The zero-order valence-corrected chi connectivity index (χ0v) is 14.5. The topological polar surface area (TPSA) is 72.5 Å². The summed E-state index contributed by atoms with van der Waals surface area (Å²) in [6, 6.07) is 9.32. The van der Waals surface area contributed by atoms with Crippen LogP contribution in [0.5, 0.6) is 5.75 Å². The van der Waals surface area contributed by atoms with Crippen LogP contribution in [0.1, 0.15) is 11.1 Å². The lowest BCUT2D eigenvalue weighted by atomic mass is 9.95. The average molecular weight is 341 g/mol. The van der Waals surface area contributed by atoms with Gasteiger partial charge >= 0.3 is 6.03 Å². The minimum atomic E-state index is -0.219. The van der Waals surface area contributed by atoms with Gasteiger partial charge < -0.3 is 20.1 Å². The molecule has 0 radical (unpaired) electrons. The highest BCUT2D eigenvalue weighted by molar-refractivity contribution is 5.90. The van der Waals surface area contributed by atoms with Crippen LogP contribution in [-0.4, -0.2) is 37.4 Å². The lowest BCUT2D eigenvalue weighted by Gasteiger charge is -2.20. The number of hydrogen-bond acceptors (Lipinski definition) is 4. The van der Waals surface area contributed by atoms with Crippen LogP contribution in [-0.2, 0) is 11.2 Å². The molecule has 6 heteroatoms. The highest BCUT2D eigenvalue weighted by atomic mass is 16.5. The summed E-state index contributed by atoms with van der Waals surface area (Å²) in [6.07, 6.45) is 4.43. The number of amides is 2. The summed E-state index contributed by atoms with van der Waals surface area (Å²) >= 11 is 0. The summed E-state index contributed by atoms with van der Waals surface area (Å²) in [4.78, 5) is 16.4. The molecular weight excluding hydrogens is 318 g/mol. The van der Waals surface area contributed by atoms with Gasteiger partial charge in [0.15, 0.2) is 0 Å². The molecule has 2 amide bonds. The Balaban J connectivity index is 1.58. The van der Waals surface area contributed by atoms with Crippen LogP contribution in [0.4, 0.5) is 10.5 Å². The number of anilines is 1. The quantitative estimate of drug-likeness (QED) is 0.877. The number of nitrogens with one attached hydrogen (secondary N) is 2. The van der Waals surface area contributed by atoms with E-state index in [1.165, 1.54) is 5.56 Å². The zero-order chi connectivity index (χ0) is 17.6. The van der Waals surface area contributed by atoms with Gasteiger partial charge in [-0.15, -0.1) is 0 Å². The predicted molar refractivity (Wildman–Crippen MR) is 95.9 cm³/mol. The molecule has 0 unspecified atom stereocenters. The molecular formula is C19H23N3O3. The number of benzene rings is 1. The summed E-state index contributed by atoms with van der Waals surface area (Å²) in [6.45, 7) is 3.11. The highest BCUT2D eigenvalue weighted by Gasteiger charge is 2.29. The van der Waals surface area contributed by atoms with Gasteiger partial charge in [-0.25, -0.2) is 4.79 Å². The molecule has 0 saturated carbocycles. The van der Waals surface area contributed by atoms with E-state index >= 15 is 0 Å². The van der Waals surface area contributed by atoms with Crippen LogP contribution in [0.15, 0.2) is 42.7 Å². The monoisotopic (exact) mass is 341 g/mol. The summed E-state index contributed by atoms with van der Waals surface area (Å²) in [7, 11) is 1.62. The minimum Gasteiger partial charge on any atom is -0.497 e. The van der Waals surface area contributed by atoms with Crippen LogP contribution in [0, 0.1) is 12.8 Å². The molecule has 1 saturated heterocycles. The van der Waals surface area contributed by atoms with Crippen LogP contribution < -0.4 is 15.4 Å². The van der Waals surface area contributed by atoms with Gasteiger partial charge in [0.1, 0.15) is 5.75 Å². The van der Waals surface area contributed by atoms with Gasteiger partial charge in [0, 0.05) is 24.0 Å². The summed E-state index contributed by atoms with van der Waals surface area (Å²) in [5.74, 6) is 1.02. The molecule has 2 atom stereocenters. The smallest absolute Gasteiger partial charge is 0.319 e. The first kappa shape index (κ1) is 17.2. The average Bonchev–Trinajstić information content (AvgIpc) is 3.04. The van der Waals surface area contributed by atoms with E-state index in [9.17, 15) is 4.79 Å². The Morgan fingerprint density at radius 2 is 2.08 bits per heavy atom. The fraction of sp³-hybridized carbons (Fsp3) is 0.368. The van der Waals surface area contributed by atoms with E-state index in [1.54, 1.807) is 19.5 Å². The fourth-order valence-electron chi connectivity index (χ4n) is 3.01. The van der Waals surface area contributed by atoms with Crippen LogP contribution in [0.25, 0.3) is 0 Å². The normalized spacial score (nSPS) is 19.4. The maximum Gasteiger partial charge on any atom is 0.319 e. The third kappa shape index (κ3) is 4.48. The van der Waals surface area contributed by atoms with E-state index in [0.717, 1.165) is 23.4 Å². The largest absolute Gasteiger partial charge is 0.497 e. The Bertz CT molecular complexity index is 721. The minimum absolute atomic E-state index is 0.00767. The van der Waals surface area contributed by atoms with E-state index in [1.807, 2.05) is 37.3 Å². The van der Waals surface area contributed by atoms with Crippen molar-refractivity contribution in [3.05, 3.63) is 53.9 Å². The first-order valence-corrected chi connectivity index (χ1v) is 8.34. The Morgan fingerprint density at radius 1 is 1.28 bits per heavy atom.